The Labute approximate surface area is 149 Å². The van der Waals surface area contributed by atoms with Crippen molar-refractivity contribution in [3.63, 3.8) is 0 Å². The average Bonchev–Trinajstić information content (AvgIpc) is 2.89. The number of nitrogens with zero attached hydrogens (tertiary/aromatic N) is 2. The maximum Gasteiger partial charge on any atom is 0.352 e. The van der Waals surface area contributed by atoms with Crippen LogP contribution in [-0.4, -0.2) is 64.5 Å². The van der Waals surface area contributed by atoms with Gasteiger partial charge >= 0.3 is 5.97 Å². The summed E-state index contributed by atoms with van der Waals surface area (Å²) in [6, 6.07) is 0. The fraction of sp³-hybridized carbons (Fsp3) is 0.684. The summed E-state index contributed by atoms with van der Waals surface area (Å²) in [4.78, 5) is 31.8. The van der Waals surface area contributed by atoms with Crippen LogP contribution in [0.4, 0.5) is 0 Å². The van der Waals surface area contributed by atoms with Gasteiger partial charge in [-0.1, -0.05) is 6.92 Å². The number of rotatable bonds is 3. The molecule has 2 saturated heterocycles. The van der Waals surface area contributed by atoms with Crippen molar-refractivity contribution in [2.45, 2.75) is 46.5 Å². The predicted molar refractivity (Wildman–Crippen MR) is 96.1 cm³/mol. The number of H-pyrrole nitrogens is 1. The first kappa shape index (κ1) is 18.0. The first-order valence-electron chi connectivity index (χ1n) is 9.31. The van der Waals surface area contributed by atoms with E-state index in [1.807, 2.05) is 4.90 Å². The smallest absolute Gasteiger partial charge is 0.352 e. The SMILES string of the molecule is CCN1CCCC2(CCCN(C(=O)c3c(C)[nH]c(C(=O)O)c3C)C2)C1. The molecule has 0 aromatic carbocycles. The van der Waals surface area contributed by atoms with Gasteiger partial charge in [-0.2, -0.15) is 0 Å². The molecule has 3 heterocycles. The Morgan fingerprint density at radius 3 is 2.44 bits per heavy atom. The lowest BCUT2D eigenvalue weighted by Gasteiger charge is -2.48. The molecular weight excluding hydrogens is 318 g/mol. The van der Waals surface area contributed by atoms with Crippen molar-refractivity contribution in [1.29, 1.82) is 0 Å². The van der Waals surface area contributed by atoms with Gasteiger partial charge in [0.1, 0.15) is 5.69 Å². The van der Waals surface area contributed by atoms with E-state index in [-0.39, 0.29) is 17.0 Å². The van der Waals surface area contributed by atoms with Gasteiger partial charge in [0, 0.05) is 30.7 Å². The van der Waals surface area contributed by atoms with Crippen molar-refractivity contribution in [2.75, 3.05) is 32.7 Å². The molecule has 1 aromatic rings. The summed E-state index contributed by atoms with van der Waals surface area (Å²) >= 11 is 0. The number of piperidine rings is 2. The lowest BCUT2D eigenvalue weighted by molar-refractivity contribution is 0.0151. The molecule has 3 rings (SSSR count). The summed E-state index contributed by atoms with van der Waals surface area (Å²) in [6.45, 7) is 10.5. The third-order valence-corrected chi connectivity index (χ3v) is 6.00. The fourth-order valence-corrected chi connectivity index (χ4v) is 4.74. The maximum atomic E-state index is 13.2. The second-order valence-corrected chi connectivity index (χ2v) is 7.73. The quantitative estimate of drug-likeness (QED) is 0.881. The second-order valence-electron chi connectivity index (χ2n) is 7.73. The highest BCUT2D eigenvalue weighted by atomic mass is 16.4. The Morgan fingerprint density at radius 1 is 1.16 bits per heavy atom. The normalized spacial score (nSPS) is 24.7. The zero-order chi connectivity index (χ0) is 18.2. The third-order valence-electron chi connectivity index (χ3n) is 6.00. The molecule has 1 unspecified atom stereocenters. The predicted octanol–water partition coefficient (Wildman–Crippen LogP) is 2.67. The third kappa shape index (κ3) is 3.32. The van der Waals surface area contributed by atoms with Gasteiger partial charge in [-0.3, -0.25) is 4.79 Å². The van der Waals surface area contributed by atoms with Gasteiger partial charge in [-0.15, -0.1) is 0 Å². The zero-order valence-electron chi connectivity index (χ0n) is 15.5. The molecule has 0 bridgehead atoms. The van der Waals surface area contributed by atoms with Crippen LogP contribution in [0.25, 0.3) is 0 Å². The molecule has 0 aliphatic carbocycles. The van der Waals surface area contributed by atoms with Crippen LogP contribution in [0.1, 0.15) is 64.7 Å². The molecule has 6 nitrogen and oxygen atoms in total. The Morgan fingerprint density at radius 2 is 1.84 bits per heavy atom. The summed E-state index contributed by atoms with van der Waals surface area (Å²) in [7, 11) is 0. The van der Waals surface area contributed by atoms with E-state index in [1.165, 1.54) is 19.3 Å². The molecule has 2 N–H and O–H groups in total. The minimum absolute atomic E-state index is 0.0218. The Bertz CT molecular complexity index is 678. The van der Waals surface area contributed by atoms with Crippen molar-refractivity contribution in [1.82, 2.24) is 14.8 Å². The van der Waals surface area contributed by atoms with Crippen LogP contribution < -0.4 is 0 Å². The van der Waals surface area contributed by atoms with Gasteiger partial charge in [0.2, 0.25) is 0 Å². The van der Waals surface area contributed by atoms with Crippen molar-refractivity contribution in [2.24, 2.45) is 5.41 Å². The van der Waals surface area contributed by atoms with Crippen LogP contribution >= 0.6 is 0 Å². The molecule has 1 aromatic heterocycles. The van der Waals surface area contributed by atoms with E-state index in [1.54, 1.807) is 13.8 Å². The summed E-state index contributed by atoms with van der Waals surface area (Å²) in [6.07, 6.45) is 4.58. The number of carboxylic acids is 1. The number of aromatic nitrogens is 1. The maximum absolute atomic E-state index is 13.2. The summed E-state index contributed by atoms with van der Waals surface area (Å²) < 4.78 is 0. The van der Waals surface area contributed by atoms with Crippen LogP contribution in [0.5, 0.6) is 0 Å². The van der Waals surface area contributed by atoms with Gasteiger partial charge in [0.15, 0.2) is 0 Å². The number of hydrogen-bond donors (Lipinski definition) is 2. The molecule has 1 amide bonds. The number of carbonyl (C=O) groups is 2. The van der Waals surface area contributed by atoms with Crippen molar-refractivity contribution in [3.05, 3.63) is 22.5 Å². The molecule has 0 saturated carbocycles. The lowest BCUT2D eigenvalue weighted by atomic mass is 9.73. The van der Waals surface area contributed by atoms with E-state index in [0.717, 1.165) is 39.1 Å². The monoisotopic (exact) mass is 347 g/mol. The number of carboxylic acid groups (broad SMARTS) is 1. The van der Waals surface area contributed by atoms with E-state index in [2.05, 4.69) is 16.8 Å². The number of nitrogens with one attached hydrogen (secondary N) is 1. The van der Waals surface area contributed by atoms with E-state index in [4.69, 9.17) is 0 Å². The Balaban J connectivity index is 1.82. The summed E-state index contributed by atoms with van der Waals surface area (Å²) in [5.74, 6) is -1.04. The molecule has 1 spiro atoms. The van der Waals surface area contributed by atoms with Gasteiger partial charge in [0.05, 0.1) is 5.56 Å². The summed E-state index contributed by atoms with van der Waals surface area (Å²) in [5, 5.41) is 9.29. The number of amides is 1. The minimum Gasteiger partial charge on any atom is -0.477 e. The number of aryl methyl sites for hydroxylation is 1. The average molecular weight is 347 g/mol. The molecule has 2 aliphatic rings. The Hall–Kier alpha value is -1.82. The highest BCUT2D eigenvalue weighted by Gasteiger charge is 2.40. The fourth-order valence-electron chi connectivity index (χ4n) is 4.74. The second kappa shape index (κ2) is 6.83. The molecule has 0 radical (unpaired) electrons. The van der Waals surface area contributed by atoms with Crippen LogP contribution in [0.2, 0.25) is 0 Å². The van der Waals surface area contributed by atoms with E-state index in [9.17, 15) is 14.7 Å². The number of carbonyl (C=O) groups excluding carboxylic acids is 1. The van der Waals surface area contributed by atoms with E-state index < -0.39 is 5.97 Å². The molecule has 138 valence electrons. The van der Waals surface area contributed by atoms with Gasteiger partial charge in [0.25, 0.3) is 5.91 Å². The topological polar surface area (TPSA) is 76.6 Å². The standard InChI is InChI=1S/C19H29N3O3/c1-4-21-9-5-7-19(11-21)8-6-10-22(12-19)17(23)15-13(2)16(18(24)25)20-14(15)3/h20H,4-12H2,1-3H3,(H,24,25). The highest BCUT2D eigenvalue weighted by Crippen LogP contribution is 2.39. The van der Waals surface area contributed by atoms with Gasteiger partial charge in [-0.25, -0.2) is 4.79 Å². The summed E-state index contributed by atoms with van der Waals surface area (Å²) in [5.41, 5.74) is 2.07. The van der Waals surface area contributed by atoms with Crippen LogP contribution in [0.3, 0.4) is 0 Å². The largest absolute Gasteiger partial charge is 0.477 e. The number of likely N-dealkylation sites (tertiary alicyclic amines) is 2. The molecule has 6 heteroatoms. The first-order chi connectivity index (χ1) is 11.9. The molecule has 2 aliphatic heterocycles. The van der Waals surface area contributed by atoms with Crippen LogP contribution in [0, 0.1) is 19.3 Å². The number of hydrogen-bond acceptors (Lipinski definition) is 3. The van der Waals surface area contributed by atoms with Gasteiger partial charge < -0.3 is 19.9 Å². The van der Waals surface area contributed by atoms with Crippen molar-refractivity contribution >= 4 is 11.9 Å². The first-order valence-corrected chi connectivity index (χ1v) is 9.31. The van der Waals surface area contributed by atoms with Crippen LogP contribution in [0.15, 0.2) is 0 Å². The minimum atomic E-state index is -1.01. The van der Waals surface area contributed by atoms with E-state index >= 15 is 0 Å². The van der Waals surface area contributed by atoms with Crippen molar-refractivity contribution in [3.8, 4) is 0 Å². The number of aromatic carboxylic acids is 1. The van der Waals surface area contributed by atoms with E-state index in [0.29, 0.717) is 16.8 Å². The number of aromatic amines is 1. The lowest BCUT2D eigenvalue weighted by Crippen LogP contribution is -2.53. The van der Waals surface area contributed by atoms with Gasteiger partial charge in [-0.05, 0) is 58.2 Å². The molecule has 25 heavy (non-hydrogen) atoms. The highest BCUT2D eigenvalue weighted by molar-refractivity contribution is 6.00. The van der Waals surface area contributed by atoms with Crippen molar-refractivity contribution < 1.29 is 14.7 Å². The zero-order valence-corrected chi connectivity index (χ0v) is 15.5. The van der Waals surface area contributed by atoms with Crippen LogP contribution in [-0.2, 0) is 0 Å². The molecule has 2 fully saturated rings. The Kier molecular flexibility index (Phi) is 4.91. The molecular formula is C19H29N3O3. The molecule has 1 atom stereocenters.